The van der Waals surface area contributed by atoms with E-state index in [9.17, 15) is 53.2 Å². The molecule has 0 fully saturated rings. The monoisotopic (exact) mass is 978 g/mol. The number of nitrogens with two attached hydrogens (primary N) is 4. The summed E-state index contributed by atoms with van der Waals surface area (Å²) in [6.45, 7) is 5.71. The van der Waals surface area contributed by atoms with Crippen LogP contribution in [-0.4, -0.2) is 135 Å². The Labute approximate surface area is 401 Å². The molecule has 1 unspecified atom stereocenters. The van der Waals surface area contributed by atoms with Crippen LogP contribution in [0.25, 0.3) is 22.5 Å². The van der Waals surface area contributed by atoms with Crippen LogP contribution in [0.4, 0.5) is 14.6 Å². The van der Waals surface area contributed by atoms with Gasteiger partial charge in [0.15, 0.2) is 17.3 Å². The van der Waals surface area contributed by atoms with Gasteiger partial charge in [-0.05, 0) is 66.3 Å². The van der Waals surface area contributed by atoms with Gasteiger partial charge >= 0.3 is 5.97 Å². The zero-order valence-corrected chi connectivity index (χ0v) is 39.2. The number of carboxylic acids is 1. The van der Waals surface area contributed by atoms with Crippen molar-refractivity contribution in [1.29, 1.82) is 0 Å². The van der Waals surface area contributed by atoms with Crippen LogP contribution in [0, 0.1) is 0 Å². The van der Waals surface area contributed by atoms with Gasteiger partial charge in [0.25, 0.3) is 12.3 Å². The van der Waals surface area contributed by atoms with Crippen LogP contribution in [-0.2, 0) is 31.0 Å². The van der Waals surface area contributed by atoms with Crippen molar-refractivity contribution in [2.75, 3.05) is 45.6 Å². The highest BCUT2D eigenvalue weighted by Crippen LogP contribution is 2.45. The van der Waals surface area contributed by atoms with Crippen LogP contribution >= 0.6 is 0 Å². The van der Waals surface area contributed by atoms with Crippen molar-refractivity contribution in [3.8, 4) is 39.8 Å². The molecule has 1 aromatic heterocycles. The number of hydrogen-bond acceptors (Lipinski definition) is 16. The third-order valence-electron chi connectivity index (χ3n) is 11.4. The van der Waals surface area contributed by atoms with Gasteiger partial charge in [-0.3, -0.25) is 19.2 Å². The maximum Gasteiger partial charge on any atom is 0.326 e. The lowest BCUT2D eigenvalue weighted by Crippen LogP contribution is -2.55. The Hall–Kier alpha value is -7.05. The molecule has 0 saturated carbocycles. The summed E-state index contributed by atoms with van der Waals surface area (Å²) in [5, 5.41) is 49.9. The Bertz CT molecular complexity index is 2560. The van der Waals surface area contributed by atoms with Crippen LogP contribution in [0.3, 0.4) is 0 Å². The number of rotatable bonds is 17. The number of aromatic nitrogens is 2. The maximum absolute atomic E-state index is 14.8. The van der Waals surface area contributed by atoms with Crippen molar-refractivity contribution in [2.45, 2.75) is 88.8 Å². The van der Waals surface area contributed by atoms with Gasteiger partial charge in [0, 0.05) is 43.2 Å². The molecule has 4 amide bonds. The molecule has 70 heavy (non-hydrogen) atoms. The number of carbonyl (C=O) groups excluding carboxylic acids is 4. The zero-order chi connectivity index (χ0) is 51.8. The molecule has 2 heterocycles. The predicted molar refractivity (Wildman–Crippen MR) is 252 cm³/mol. The third-order valence-corrected chi connectivity index (χ3v) is 11.4. The highest BCUT2D eigenvalue weighted by Gasteiger charge is 2.38. The Morgan fingerprint density at radius 1 is 0.900 bits per heavy atom. The topological polar surface area (TPSA) is 354 Å². The quantitative estimate of drug-likeness (QED) is 0.0703. The molecule has 1 aliphatic rings. The third kappa shape index (κ3) is 12.8. The molecule has 23 heteroatoms. The molecule has 0 spiro atoms. The molecule has 0 aliphatic carbocycles. The van der Waals surface area contributed by atoms with E-state index in [0.717, 1.165) is 17.5 Å². The Morgan fingerprint density at radius 2 is 1.53 bits per heavy atom. The number of benzene rings is 3. The number of amides is 4. The second-order valence-corrected chi connectivity index (χ2v) is 17.8. The Morgan fingerprint density at radius 3 is 2.10 bits per heavy atom. The number of alkyl halides is 2. The predicted octanol–water partition coefficient (Wildman–Crippen LogP) is 1.01. The van der Waals surface area contributed by atoms with Crippen molar-refractivity contribution in [2.24, 2.45) is 17.2 Å². The largest absolute Gasteiger partial charge is 0.504 e. The second-order valence-electron chi connectivity index (χ2n) is 17.8. The molecule has 4 bridgehead atoms. The fraction of sp³-hybridized carbons (Fsp3) is 0.426. The molecule has 0 saturated heterocycles. The fourth-order valence-electron chi connectivity index (χ4n) is 7.45. The van der Waals surface area contributed by atoms with Crippen molar-refractivity contribution in [1.82, 2.24) is 30.8 Å². The minimum absolute atomic E-state index is 0.0160. The van der Waals surface area contributed by atoms with Gasteiger partial charge in [-0.2, -0.15) is 0 Å². The van der Waals surface area contributed by atoms with Crippen molar-refractivity contribution < 1.29 is 62.7 Å². The summed E-state index contributed by atoms with van der Waals surface area (Å²) in [5.41, 5.74) is 22.7. The standard InChI is InChI=1S/C47H60F2N10O11/c1-22-42(63)56-32(46(67)68)15-23-6-11-33(69-20-27(60)18-51)29(14-23)30-16-25(17-34(38(30)62)70-21-28(61)19-52)37(44(65)54-22)59(5)45(66)31(12-13-50)55-43(64)35-36(39(48)49)57-41(58-40(35)53)24-7-9-26(10-8-24)47(2,3)4/h6-11,14,16-17,22,27-28,31-32,37,39,60-62H,12-13,15,18-21,50-52H2,1-5H3,(H,54,65)(H,55,64)(H,56,63)(H,67,68)(H2,53,57,58)/t22-,27+,28+,31-,32?,37-/m0/s1. The average molecular weight is 979 g/mol. The van der Waals surface area contributed by atoms with Crippen LogP contribution < -0.4 is 48.4 Å². The number of halogens is 2. The maximum atomic E-state index is 14.8. The van der Waals surface area contributed by atoms with Gasteiger partial charge in [-0.15, -0.1) is 0 Å². The van der Waals surface area contributed by atoms with Crippen LogP contribution in [0.2, 0.25) is 0 Å². The summed E-state index contributed by atoms with van der Waals surface area (Å²) in [4.78, 5) is 78.4. The summed E-state index contributed by atoms with van der Waals surface area (Å²) < 4.78 is 41.3. The number of carboxylic acid groups (broad SMARTS) is 1. The molecular formula is C47H60F2N10O11. The van der Waals surface area contributed by atoms with Crippen molar-refractivity contribution in [3.05, 3.63) is 82.5 Å². The lowest BCUT2D eigenvalue weighted by atomic mass is 9.86. The number of nitrogens with one attached hydrogen (secondary N) is 3. The molecule has 6 atom stereocenters. The number of likely N-dealkylation sites (N-methyl/N-ethyl adjacent to an activating group) is 1. The fourth-order valence-corrected chi connectivity index (χ4v) is 7.45. The summed E-state index contributed by atoms with van der Waals surface area (Å²) in [5.74, 6) is -7.43. The van der Waals surface area contributed by atoms with Gasteiger partial charge in [0.1, 0.15) is 72.4 Å². The van der Waals surface area contributed by atoms with Gasteiger partial charge in [-0.25, -0.2) is 23.5 Å². The number of fused-ring (bicyclic) bond motifs is 5. The number of anilines is 1. The van der Waals surface area contributed by atoms with Crippen molar-refractivity contribution >= 4 is 35.4 Å². The molecule has 1 aliphatic heterocycles. The number of ether oxygens (including phenoxy) is 2. The van der Waals surface area contributed by atoms with E-state index in [2.05, 4.69) is 25.9 Å². The minimum Gasteiger partial charge on any atom is -0.504 e. The van der Waals surface area contributed by atoms with E-state index in [1.807, 2.05) is 20.8 Å². The number of carbonyl (C=O) groups is 5. The number of aliphatic hydroxyl groups is 2. The van der Waals surface area contributed by atoms with E-state index in [4.69, 9.17) is 32.4 Å². The average Bonchev–Trinajstić information content (AvgIpc) is 3.31. The molecule has 15 N–H and O–H groups in total. The van der Waals surface area contributed by atoms with Crippen LogP contribution in [0.15, 0.2) is 54.6 Å². The summed E-state index contributed by atoms with van der Waals surface area (Å²) in [7, 11) is 1.16. The van der Waals surface area contributed by atoms with Crippen molar-refractivity contribution in [3.63, 3.8) is 0 Å². The first-order chi connectivity index (χ1) is 33.0. The molecule has 21 nitrogen and oxygen atoms in total. The smallest absolute Gasteiger partial charge is 0.326 e. The summed E-state index contributed by atoms with van der Waals surface area (Å²) in [6.07, 6.45) is -6.36. The number of aliphatic hydroxyl groups excluding tert-OH is 2. The summed E-state index contributed by atoms with van der Waals surface area (Å²) in [6, 6.07) is 7.20. The second kappa shape index (κ2) is 23.0. The normalized spacial score (nSPS) is 17.6. The first-order valence-corrected chi connectivity index (χ1v) is 22.2. The first kappa shape index (κ1) is 53.9. The lowest BCUT2D eigenvalue weighted by molar-refractivity contribution is -0.143. The lowest BCUT2D eigenvalue weighted by Gasteiger charge is -2.33. The molecule has 0 radical (unpaired) electrons. The van der Waals surface area contributed by atoms with E-state index < -0.39 is 102 Å². The van der Waals surface area contributed by atoms with E-state index >= 15 is 0 Å². The van der Waals surface area contributed by atoms with E-state index in [0.29, 0.717) is 11.1 Å². The number of phenols is 1. The number of phenolic OH excluding ortho intramolecular Hbond substituents is 1. The van der Waals surface area contributed by atoms with Gasteiger partial charge in [0.05, 0.1) is 0 Å². The van der Waals surface area contributed by atoms with Gasteiger partial charge < -0.3 is 73.7 Å². The number of aliphatic carboxylic acids is 1. The van der Waals surface area contributed by atoms with E-state index in [-0.39, 0.29) is 78.5 Å². The summed E-state index contributed by atoms with van der Waals surface area (Å²) >= 11 is 0. The minimum atomic E-state index is -3.34. The number of nitrogen functional groups attached to an aromatic ring is 1. The number of aromatic hydroxyl groups is 1. The molecule has 5 rings (SSSR count). The van der Waals surface area contributed by atoms with E-state index in [1.165, 1.54) is 37.3 Å². The molecule has 3 aromatic carbocycles. The van der Waals surface area contributed by atoms with Crippen LogP contribution in [0.1, 0.15) is 79.3 Å². The molecule has 378 valence electrons. The van der Waals surface area contributed by atoms with Crippen LogP contribution in [0.5, 0.6) is 17.2 Å². The highest BCUT2D eigenvalue weighted by atomic mass is 19.3. The Kier molecular flexibility index (Phi) is 17.7. The number of nitrogens with zero attached hydrogens (tertiary/aromatic N) is 3. The van der Waals surface area contributed by atoms with E-state index in [1.54, 1.807) is 24.3 Å². The molecule has 4 aromatic rings. The van der Waals surface area contributed by atoms with Gasteiger partial charge in [-0.1, -0.05) is 51.1 Å². The number of hydrogen-bond donors (Lipinski definition) is 11. The molecular weight excluding hydrogens is 919 g/mol. The Balaban J connectivity index is 1.65. The zero-order valence-electron chi connectivity index (χ0n) is 39.2. The van der Waals surface area contributed by atoms with Gasteiger partial charge in [0.2, 0.25) is 17.7 Å². The first-order valence-electron chi connectivity index (χ1n) is 22.2. The highest BCUT2D eigenvalue weighted by molar-refractivity contribution is 6.03. The SMILES string of the molecule is C[C@@H]1NC(=O)[C@@H](N(C)C(=O)[C@H](CCN)NC(=O)c2c(N)nc(-c3ccc(C(C)(C)C)cc3)nc2C(F)F)c2cc(OC[C@H](O)CN)c(O)c(c2)-c2cc(ccc2OC[C@H](O)CN)CC(C(=O)O)NC1=O.